The summed E-state index contributed by atoms with van der Waals surface area (Å²) in [5, 5.41) is 9.11. The van der Waals surface area contributed by atoms with Gasteiger partial charge in [-0.05, 0) is 6.42 Å². The molecule has 1 N–H and O–H groups in total. The summed E-state index contributed by atoms with van der Waals surface area (Å²) >= 11 is 0. The normalized spacial score (nSPS) is 10.3. The highest BCUT2D eigenvalue weighted by molar-refractivity contribution is 5.99. The fraction of sp³-hybridized carbons (Fsp3) is 0.583. The molecule has 0 saturated carbocycles. The minimum absolute atomic E-state index is 0.0988. The molecule has 18 heavy (non-hydrogen) atoms. The average Bonchev–Trinajstić information content (AvgIpc) is 2.77. The molecule has 0 aromatic carbocycles. The molecule has 0 bridgehead atoms. The van der Waals surface area contributed by atoms with E-state index in [-0.39, 0.29) is 11.4 Å². The van der Waals surface area contributed by atoms with Crippen molar-refractivity contribution in [3.63, 3.8) is 0 Å². The third kappa shape index (κ3) is 3.32. The minimum Gasteiger partial charge on any atom is -0.476 e. The van der Waals surface area contributed by atoms with Crippen LogP contribution in [0.4, 0.5) is 0 Å². The number of carbonyl (C=O) groups is 2. The maximum Gasteiger partial charge on any atom is 0.359 e. The summed E-state index contributed by atoms with van der Waals surface area (Å²) < 4.78 is 6.00. The second-order valence-corrected chi connectivity index (χ2v) is 3.99. The van der Waals surface area contributed by atoms with Gasteiger partial charge >= 0.3 is 11.9 Å². The van der Waals surface area contributed by atoms with Crippen LogP contribution in [-0.4, -0.2) is 33.7 Å². The molecule has 0 amide bonds. The smallest absolute Gasteiger partial charge is 0.359 e. The van der Waals surface area contributed by atoms with Gasteiger partial charge in [-0.2, -0.15) is 0 Å². The van der Waals surface area contributed by atoms with E-state index < -0.39 is 11.9 Å². The van der Waals surface area contributed by atoms with E-state index >= 15 is 0 Å². The number of hydrogen-bond donors (Lipinski definition) is 1. The molecule has 0 atom stereocenters. The van der Waals surface area contributed by atoms with Gasteiger partial charge in [0.15, 0.2) is 11.4 Å². The van der Waals surface area contributed by atoms with Crippen molar-refractivity contribution in [1.29, 1.82) is 0 Å². The number of carboxylic acid groups (broad SMARTS) is 1. The second kappa shape index (κ2) is 6.78. The maximum absolute atomic E-state index is 11.4. The van der Waals surface area contributed by atoms with E-state index in [4.69, 9.17) is 5.11 Å². The predicted molar refractivity (Wildman–Crippen MR) is 64.7 cm³/mol. The highest BCUT2D eigenvalue weighted by atomic mass is 16.5. The van der Waals surface area contributed by atoms with Crippen molar-refractivity contribution in [2.75, 3.05) is 7.11 Å². The highest BCUT2D eigenvalue weighted by Gasteiger charge is 2.23. The summed E-state index contributed by atoms with van der Waals surface area (Å²) in [4.78, 5) is 26.3. The van der Waals surface area contributed by atoms with Crippen LogP contribution in [0.1, 0.15) is 53.6 Å². The molecule has 0 unspecified atom stereocenters. The number of aromatic nitrogens is 2. The van der Waals surface area contributed by atoms with E-state index in [1.54, 1.807) is 0 Å². The average molecular weight is 254 g/mol. The van der Waals surface area contributed by atoms with Crippen molar-refractivity contribution in [1.82, 2.24) is 9.55 Å². The quantitative estimate of drug-likeness (QED) is 0.594. The number of rotatable bonds is 7. The first-order chi connectivity index (χ1) is 8.61. The molecule has 6 heteroatoms. The summed E-state index contributed by atoms with van der Waals surface area (Å²) in [6.07, 6.45) is 5.50. The van der Waals surface area contributed by atoms with Gasteiger partial charge in [-0.3, -0.25) is 0 Å². The van der Waals surface area contributed by atoms with Crippen LogP contribution in [0.5, 0.6) is 0 Å². The molecular weight excluding hydrogens is 236 g/mol. The number of nitrogens with zero attached hydrogens (tertiary/aromatic N) is 2. The first kappa shape index (κ1) is 14.2. The van der Waals surface area contributed by atoms with Crippen molar-refractivity contribution in [3.8, 4) is 0 Å². The van der Waals surface area contributed by atoms with E-state index in [9.17, 15) is 9.59 Å². The molecule has 1 aromatic heterocycles. The zero-order valence-electron chi connectivity index (χ0n) is 10.7. The first-order valence-corrected chi connectivity index (χ1v) is 5.98. The number of carbonyl (C=O) groups excluding carboxylic acids is 1. The Morgan fingerprint density at radius 1 is 1.39 bits per heavy atom. The van der Waals surface area contributed by atoms with Gasteiger partial charge in [0, 0.05) is 6.54 Å². The number of aryl methyl sites for hydroxylation is 1. The SMILES string of the molecule is CCCCCCn1cnc(C(=O)OC)c1C(=O)O. The van der Waals surface area contributed by atoms with Gasteiger partial charge in [0.2, 0.25) is 0 Å². The van der Waals surface area contributed by atoms with Crippen molar-refractivity contribution >= 4 is 11.9 Å². The van der Waals surface area contributed by atoms with Gasteiger partial charge in [-0.1, -0.05) is 26.2 Å². The van der Waals surface area contributed by atoms with Crippen LogP contribution in [0.3, 0.4) is 0 Å². The Bertz CT molecular complexity index is 426. The number of carboxylic acids is 1. The predicted octanol–water partition coefficient (Wildman–Crippen LogP) is 1.95. The van der Waals surface area contributed by atoms with Crippen LogP contribution >= 0.6 is 0 Å². The Morgan fingerprint density at radius 2 is 2.11 bits per heavy atom. The number of esters is 1. The molecule has 1 aromatic rings. The summed E-state index contributed by atoms with van der Waals surface area (Å²) in [7, 11) is 1.20. The van der Waals surface area contributed by atoms with Gasteiger partial charge < -0.3 is 14.4 Å². The molecule has 0 aliphatic carbocycles. The lowest BCUT2D eigenvalue weighted by atomic mass is 10.2. The number of imidazole rings is 1. The molecule has 6 nitrogen and oxygen atoms in total. The van der Waals surface area contributed by atoms with E-state index in [0.717, 1.165) is 25.7 Å². The van der Waals surface area contributed by atoms with E-state index in [0.29, 0.717) is 6.54 Å². The molecule has 1 heterocycles. The molecule has 0 saturated heterocycles. The number of methoxy groups -OCH3 is 1. The summed E-state index contributed by atoms with van der Waals surface area (Å²) in [5.74, 6) is -1.89. The zero-order chi connectivity index (χ0) is 13.5. The van der Waals surface area contributed by atoms with Crippen molar-refractivity contribution in [3.05, 3.63) is 17.7 Å². The Labute approximate surface area is 106 Å². The summed E-state index contributed by atoms with van der Waals surface area (Å²) in [5.41, 5.74) is -0.237. The third-order valence-electron chi connectivity index (χ3n) is 2.67. The summed E-state index contributed by atoms with van der Waals surface area (Å²) in [6, 6.07) is 0. The van der Waals surface area contributed by atoms with Gasteiger partial charge in [0.25, 0.3) is 0 Å². The second-order valence-electron chi connectivity index (χ2n) is 3.99. The van der Waals surface area contributed by atoms with Crippen molar-refractivity contribution < 1.29 is 19.4 Å². The molecule has 0 aliphatic rings. The Kier molecular flexibility index (Phi) is 5.35. The maximum atomic E-state index is 11.4. The lowest BCUT2D eigenvalue weighted by Gasteiger charge is -2.05. The molecule has 1 rings (SSSR count). The largest absolute Gasteiger partial charge is 0.476 e. The van der Waals surface area contributed by atoms with Crippen LogP contribution in [-0.2, 0) is 11.3 Å². The van der Waals surface area contributed by atoms with Crippen molar-refractivity contribution in [2.24, 2.45) is 0 Å². The molecule has 0 aliphatic heterocycles. The van der Waals surface area contributed by atoms with Crippen LogP contribution in [0.2, 0.25) is 0 Å². The van der Waals surface area contributed by atoms with Gasteiger partial charge in [-0.15, -0.1) is 0 Å². The van der Waals surface area contributed by atoms with E-state index in [2.05, 4.69) is 16.6 Å². The Hall–Kier alpha value is -1.85. The van der Waals surface area contributed by atoms with Gasteiger partial charge in [-0.25, -0.2) is 14.6 Å². The fourth-order valence-corrected chi connectivity index (χ4v) is 1.73. The topological polar surface area (TPSA) is 81.4 Å². The van der Waals surface area contributed by atoms with Crippen molar-refractivity contribution in [2.45, 2.75) is 39.2 Å². The van der Waals surface area contributed by atoms with Gasteiger partial charge in [0.05, 0.1) is 13.4 Å². The fourth-order valence-electron chi connectivity index (χ4n) is 1.73. The number of hydrogen-bond acceptors (Lipinski definition) is 4. The number of aromatic carboxylic acids is 1. The minimum atomic E-state index is -1.16. The number of ether oxygens (including phenoxy) is 1. The number of unbranched alkanes of at least 4 members (excludes halogenated alkanes) is 3. The lowest BCUT2D eigenvalue weighted by Crippen LogP contribution is -2.14. The molecular formula is C12H18N2O4. The molecule has 100 valence electrons. The van der Waals surface area contributed by atoms with Crippen LogP contribution in [0.25, 0.3) is 0 Å². The van der Waals surface area contributed by atoms with E-state index in [1.165, 1.54) is 18.0 Å². The third-order valence-corrected chi connectivity index (χ3v) is 2.67. The van der Waals surface area contributed by atoms with E-state index in [1.807, 2.05) is 0 Å². The molecule has 0 spiro atoms. The monoisotopic (exact) mass is 254 g/mol. The van der Waals surface area contributed by atoms with Crippen LogP contribution in [0.15, 0.2) is 6.33 Å². The highest BCUT2D eigenvalue weighted by Crippen LogP contribution is 2.11. The molecule has 0 fully saturated rings. The molecule has 0 radical (unpaired) electrons. The standard InChI is InChI=1S/C12H18N2O4/c1-3-4-5-6-7-14-8-13-9(12(17)18-2)10(14)11(15)16/h8H,3-7H2,1-2H3,(H,15,16). The van der Waals surface area contributed by atoms with Gasteiger partial charge in [0.1, 0.15) is 0 Å². The first-order valence-electron chi connectivity index (χ1n) is 5.98. The zero-order valence-corrected chi connectivity index (χ0v) is 10.7. The van der Waals surface area contributed by atoms with Crippen LogP contribution < -0.4 is 0 Å². The summed E-state index contributed by atoms with van der Waals surface area (Å²) in [6.45, 7) is 2.65. The Balaban J connectivity index is 2.82. The van der Waals surface area contributed by atoms with Crippen LogP contribution in [0, 0.1) is 0 Å². The lowest BCUT2D eigenvalue weighted by molar-refractivity contribution is 0.0574. The Morgan fingerprint density at radius 3 is 2.67 bits per heavy atom.